The van der Waals surface area contributed by atoms with Crippen molar-refractivity contribution in [3.05, 3.63) is 12.2 Å². The minimum Gasteiger partial charge on any atom is -0.328 e. The van der Waals surface area contributed by atoms with Crippen LogP contribution in [0.15, 0.2) is 12.2 Å². The maximum Gasteiger partial charge on any atom is 0.324 e. The highest BCUT2D eigenvalue weighted by Crippen LogP contribution is 2.11. The van der Waals surface area contributed by atoms with Gasteiger partial charge in [0.1, 0.15) is 0 Å². The van der Waals surface area contributed by atoms with Crippen molar-refractivity contribution in [2.75, 3.05) is 0 Å². The van der Waals surface area contributed by atoms with E-state index in [1.807, 2.05) is 6.08 Å². The molecule has 0 fully saturated rings. The predicted octanol–water partition coefficient (Wildman–Crippen LogP) is 1.90. The van der Waals surface area contributed by atoms with Crippen molar-refractivity contribution in [1.82, 2.24) is 0 Å². The summed E-state index contributed by atoms with van der Waals surface area (Å²) in [6, 6.07) is 0. The zero-order chi connectivity index (χ0) is 11.4. The molecule has 0 aromatic carbocycles. The summed E-state index contributed by atoms with van der Waals surface area (Å²) in [5.74, 6) is 0.150. The third-order valence-corrected chi connectivity index (χ3v) is 1.33. The van der Waals surface area contributed by atoms with Crippen LogP contribution < -0.4 is 0 Å². The molecule has 5 heteroatoms. The second-order valence-corrected chi connectivity index (χ2v) is 3.31. The lowest BCUT2D eigenvalue weighted by Gasteiger charge is -1.89. The molecule has 0 amide bonds. The summed E-state index contributed by atoms with van der Waals surface area (Å²) in [6.45, 7) is 3.75. The predicted molar refractivity (Wildman–Crippen MR) is 57.5 cm³/mol. The average Bonchev–Trinajstić information content (AvgIpc) is 2.02. The summed E-state index contributed by atoms with van der Waals surface area (Å²) in [4.78, 5) is 32.1. The molecule has 3 N–H and O–H groups in total. The maximum absolute atomic E-state index is 10.4. The molecule has 0 unspecified atom stereocenters. The van der Waals surface area contributed by atoms with Crippen LogP contribution in [0.5, 0.6) is 0 Å². The molecule has 0 aromatic rings. The number of ketones is 1. The van der Waals surface area contributed by atoms with Crippen LogP contribution >= 0.6 is 8.60 Å². The Morgan fingerprint density at radius 3 is 2.14 bits per heavy atom. The molecule has 0 aromatic heterocycles. The largest absolute Gasteiger partial charge is 0.328 e. The average molecular weight is 222 g/mol. The van der Waals surface area contributed by atoms with Gasteiger partial charge in [0, 0.05) is 0 Å². The Morgan fingerprint density at radius 2 is 1.79 bits per heavy atom. The summed E-state index contributed by atoms with van der Waals surface area (Å²) >= 11 is 0. The van der Waals surface area contributed by atoms with Gasteiger partial charge >= 0.3 is 8.60 Å². The van der Waals surface area contributed by atoms with Crippen molar-refractivity contribution < 1.29 is 19.5 Å². The van der Waals surface area contributed by atoms with E-state index < -0.39 is 8.60 Å². The van der Waals surface area contributed by atoms with Gasteiger partial charge in [-0.1, -0.05) is 25.8 Å². The number of carbonyl (C=O) groups excluding carboxylic acids is 1. The molecule has 0 rings (SSSR count). The van der Waals surface area contributed by atoms with E-state index in [1.54, 1.807) is 13.0 Å². The number of rotatable bonds is 5. The second-order valence-electron chi connectivity index (χ2n) is 2.78. The van der Waals surface area contributed by atoms with Crippen LogP contribution in [0.2, 0.25) is 0 Å². The molecule has 0 heterocycles. The van der Waals surface area contributed by atoms with E-state index in [1.165, 1.54) is 19.3 Å². The van der Waals surface area contributed by atoms with Crippen LogP contribution in [0.1, 0.15) is 39.5 Å². The van der Waals surface area contributed by atoms with Crippen molar-refractivity contribution in [2.24, 2.45) is 0 Å². The number of hydrogen-bond donors (Lipinski definition) is 3. The van der Waals surface area contributed by atoms with Gasteiger partial charge in [-0.2, -0.15) is 0 Å². The molecule has 0 atom stereocenters. The molecule has 0 saturated heterocycles. The SMILES string of the molecule is CCCCCC=CC(C)=O.OP(O)O. The normalized spacial score (nSPS) is 10.1. The summed E-state index contributed by atoms with van der Waals surface area (Å²) in [6.07, 6.45) is 8.37. The first kappa shape index (κ1) is 16.2. The van der Waals surface area contributed by atoms with Gasteiger partial charge in [-0.05, 0) is 25.8 Å². The number of allylic oxidation sites excluding steroid dienone is 2. The minimum absolute atomic E-state index is 0.150. The second kappa shape index (κ2) is 12.7. The molecule has 14 heavy (non-hydrogen) atoms. The van der Waals surface area contributed by atoms with Crippen molar-refractivity contribution in [2.45, 2.75) is 39.5 Å². The number of carbonyl (C=O) groups is 1. The quantitative estimate of drug-likeness (QED) is 0.377. The van der Waals surface area contributed by atoms with Gasteiger partial charge in [0.25, 0.3) is 0 Å². The Hall–Kier alpha value is -0.280. The van der Waals surface area contributed by atoms with E-state index in [9.17, 15) is 4.79 Å². The molecule has 84 valence electrons. The standard InChI is InChI=1S/C9H16O.H3O3P/c1-3-4-5-6-7-8-9(2)10;1-4(2)3/h7-8H,3-6H2,1-2H3;1-3H. The molecular weight excluding hydrogens is 203 g/mol. The zero-order valence-corrected chi connectivity index (χ0v) is 9.57. The minimum atomic E-state index is -2.62. The van der Waals surface area contributed by atoms with Crippen LogP contribution in [0, 0.1) is 0 Å². The van der Waals surface area contributed by atoms with E-state index in [0.29, 0.717) is 0 Å². The fourth-order valence-electron chi connectivity index (χ4n) is 0.761. The Labute approximate surface area is 86.3 Å². The first-order valence-electron chi connectivity index (χ1n) is 4.54. The number of hydrogen-bond acceptors (Lipinski definition) is 4. The fourth-order valence-corrected chi connectivity index (χ4v) is 0.761. The molecule has 0 bridgehead atoms. The van der Waals surface area contributed by atoms with Gasteiger partial charge < -0.3 is 14.7 Å². The van der Waals surface area contributed by atoms with Crippen molar-refractivity contribution in [3.63, 3.8) is 0 Å². The molecule has 4 nitrogen and oxygen atoms in total. The van der Waals surface area contributed by atoms with Crippen LogP contribution in [0.4, 0.5) is 0 Å². The highest BCUT2D eigenvalue weighted by Gasteiger charge is 1.83. The van der Waals surface area contributed by atoms with Crippen molar-refractivity contribution in [1.29, 1.82) is 0 Å². The lowest BCUT2D eigenvalue weighted by atomic mass is 10.2. The third kappa shape index (κ3) is 29.8. The third-order valence-electron chi connectivity index (χ3n) is 1.33. The van der Waals surface area contributed by atoms with E-state index >= 15 is 0 Å². The van der Waals surface area contributed by atoms with Gasteiger partial charge in [0.2, 0.25) is 0 Å². The van der Waals surface area contributed by atoms with Crippen molar-refractivity contribution >= 4 is 14.4 Å². The van der Waals surface area contributed by atoms with E-state index in [-0.39, 0.29) is 5.78 Å². The summed E-state index contributed by atoms with van der Waals surface area (Å²) < 4.78 is 0. The van der Waals surface area contributed by atoms with E-state index in [4.69, 9.17) is 14.7 Å². The summed E-state index contributed by atoms with van der Waals surface area (Å²) in [7, 11) is -2.62. The number of unbranched alkanes of at least 4 members (excludes halogenated alkanes) is 3. The van der Waals surface area contributed by atoms with Gasteiger partial charge in [0.15, 0.2) is 5.78 Å². The topological polar surface area (TPSA) is 77.8 Å². The molecular formula is C9H19O4P. The first-order chi connectivity index (χ1) is 6.50. The van der Waals surface area contributed by atoms with E-state index in [0.717, 1.165) is 6.42 Å². The molecule has 0 aliphatic carbocycles. The Morgan fingerprint density at radius 1 is 1.29 bits per heavy atom. The van der Waals surface area contributed by atoms with E-state index in [2.05, 4.69) is 6.92 Å². The van der Waals surface area contributed by atoms with Gasteiger partial charge in [-0.25, -0.2) is 0 Å². The zero-order valence-electron chi connectivity index (χ0n) is 8.68. The Kier molecular flexibility index (Phi) is 14.7. The lowest BCUT2D eigenvalue weighted by Crippen LogP contribution is -1.79. The molecule has 0 aliphatic heterocycles. The van der Waals surface area contributed by atoms with Crippen molar-refractivity contribution in [3.8, 4) is 0 Å². The monoisotopic (exact) mass is 222 g/mol. The molecule has 0 aliphatic rings. The Balaban J connectivity index is 0. The van der Waals surface area contributed by atoms with Crippen LogP contribution in [0.25, 0.3) is 0 Å². The highest BCUT2D eigenvalue weighted by atomic mass is 31.2. The van der Waals surface area contributed by atoms with Crippen LogP contribution in [-0.2, 0) is 4.79 Å². The summed E-state index contributed by atoms with van der Waals surface area (Å²) in [5, 5.41) is 0. The molecule has 0 saturated carbocycles. The lowest BCUT2D eigenvalue weighted by molar-refractivity contribution is -0.112. The highest BCUT2D eigenvalue weighted by molar-refractivity contribution is 7.38. The van der Waals surface area contributed by atoms with Crippen LogP contribution in [-0.4, -0.2) is 20.5 Å². The molecule has 0 radical (unpaired) electrons. The van der Waals surface area contributed by atoms with Crippen LogP contribution in [0.3, 0.4) is 0 Å². The fraction of sp³-hybridized carbons (Fsp3) is 0.667. The first-order valence-corrected chi connectivity index (χ1v) is 5.74. The summed E-state index contributed by atoms with van der Waals surface area (Å²) in [5.41, 5.74) is 0. The Bertz CT molecular complexity index is 154. The van der Waals surface area contributed by atoms with Gasteiger partial charge in [0.05, 0.1) is 0 Å². The van der Waals surface area contributed by atoms with Gasteiger partial charge in [-0.3, -0.25) is 4.79 Å². The smallest absolute Gasteiger partial charge is 0.324 e. The maximum atomic E-state index is 10.4. The van der Waals surface area contributed by atoms with Gasteiger partial charge in [-0.15, -0.1) is 0 Å². The molecule has 0 spiro atoms.